The molecular formula is C11H11ClN4. The molecule has 0 bridgehead atoms. The van der Waals surface area contributed by atoms with Crippen LogP contribution in [0.3, 0.4) is 0 Å². The van der Waals surface area contributed by atoms with Crippen LogP contribution in [-0.4, -0.2) is 14.5 Å². The van der Waals surface area contributed by atoms with E-state index in [0.717, 1.165) is 40.6 Å². The van der Waals surface area contributed by atoms with Gasteiger partial charge < -0.3 is 10.3 Å². The molecule has 3 rings (SSSR count). The van der Waals surface area contributed by atoms with Gasteiger partial charge in [-0.25, -0.2) is 9.97 Å². The quantitative estimate of drug-likeness (QED) is 0.759. The summed E-state index contributed by atoms with van der Waals surface area (Å²) < 4.78 is 2.08. The van der Waals surface area contributed by atoms with Gasteiger partial charge in [0.2, 0.25) is 5.95 Å². The van der Waals surface area contributed by atoms with Crippen LogP contribution in [0.5, 0.6) is 0 Å². The molecule has 0 fully saturated rings. The standard InChI is InChI=1S/C11H11ClN4/c1-6-4-8(12)16-3-2-7-5-14-11(13)15-9(7)10(6)16/h4-5H,2-3H2,1H3,(H2,13,14,15). The highest BCUT2D eigenvalue weighted by atomic mass is 35.5. The first-order chi connectivity index (χ1) is 7.66. The number of halogens is 1. The van der Waals surface area contributed by atoms with Crippen molar-refractivity contribution in [2.75, 3.05) is 5.73 Å². The number of hydrogen-bond acceptors (Lipinski definition) is 3. The lowest BCUT2D eigenvalue weighted by atomic mass is 10.0. The van der Waals surface area contributed by atoms with Crippen molar-refractivity contribution in [1.82, 2.24) is 14.5 Å². The van der Waals surface area contributed by atoms with Gasteiger partial charge in [0.25, 0.3) is 0 Å². The summed E-state index contributed by atoms with van der Waals surface area (Å²) in [6.07, 6.45) is 2.71. The second-order valence-electron chi connectivity index (χ2n) is 4.00. The molecule has 0 radical (unpaired) electrons. The number of fused-ring (bicyclic) bond motifs is 3. The summed E-state index contributed by atoms with van der Waals surface area (Å²) in [5.41, 5.74) is 9.89. The molecule has 1 aliphatic heterocycles. The van der Waals surface area contributed by atoms with Crippen LogP contribution in [0, 0.1) is 6.92 Å². The van der Waals surface area contributed by atoms with E-state index in [1.807, 2.05) is 19.2 Å². The lowest BCUT2D eigenvalue weighted by Gasteiger charge is -2.19. The first-order valence-electron chi connectivity index (χ1n) is 5.14. The fourth-order valence-corrected chi connectivity index (χ4v) is 2.55. The van der Waals surface area contributed by atoms with Crippen molar-refractivity contribution >= 4 is 17.5 Å². The summed E-state index contributed by atoms with van der Waals surface area (Å²) in [5, 5.41) is 0.760. The predicted molar refractivity (Wildman–Crippen MR) is 63.3 cm³/mol. The SMILES string of the molecule is Cc1cc(Cl)n2c1-c1nc(N)ncc1CC2. The fraction of sp³-hybridized carbons (Fsp3) is 0.273. The Balaban J connectivity index is 2.33. The number of anilines is 1. The van der Waals surface area contributed by atoms with Gasteiger partial charge >= 0.3 is 0 Å². The molecule has 0 aromatic carbocycles. The minimum atomic E-state index is 0.309. The van der Waals surface area contributed by atoms with Crippen LogP contribution in [0.25, 0.3) is 11.4 Å². The highest BCUT2D eigenvalue weighted by Crippen LogP contribution is 2.34. The lowest BCUT2D eigenvalue weighted by Crippen LogP contribution is -2.14. The zero-order valence-corrected chi connectivity index (χ0v) is 9.62. The Kier molecular flexibility index (Phi) is 1.94. The summed E-state index contributed by atoms with van der Waals surface area (Å²) in [7, 11) is 0. The van der Waals surface area contributed by atoms with Gasteiger partial charge in [-0.2, -0.15) is 0 Å². The minimum Gasteiger partial charge on any atom is -0.368 e. The molecule has 1 aliphatic rings. The van der Waals surface area contributed by atoms with Gasteiger partial charge in [-0.3, -0.25) is 0 Å². The van der Waals surface area contributed by atoms with Crippen molar-refractivity contribution in [2.24, 2.45) is 0 Å². The van der Waals surface area contributed by atoms with E-state index in [9.17, 15) is 0 Å². The summed E-state index contributed by atoms with van der Waals surface area (Å²) >= 11 is 6.16. The highest BCUT2D eigenvalue weighted by molar-refractivity contribution is 6.30. The second kappa shape index (κ2) is 3.22. The maximum atomic E-state index is 6.16. The maximum Gasteiger partial charge on any atom is 0.220 e. The Labute approximate surface area is 98.1 Å². The Bertz CT molecular complexity index is 574. The van der Waals surface area contributed by atoms with E-state index in [0.29, 0.717) is 5.95 Å². The Morgan fingerprint density at radius 3 is 3.12 bits per heavy atom. The van der Waals surface area contributed by atoms with E-state index in [1.165, 1.54) is 0 Å². The molecule has 82 valence electrons. The third kappa shape index (κ3) is 1.23. The number of nitrogens with two attached hydrogens (primary N) is 1. The Morgan fingerprint density at radius 1 is 1.50 bits per heavy atom. The molecule has 0 unspecified atom stereocenters. The second-order valence-corrected chi connectivity index (χ2v) is 4.39. The lowest BCUT2D eigenvalue weighted by molar-refractivity contribution is 0.681. The minimum absolute atomic E-state index is 0.309. The van der Waals surface area contributed by atoms with E-state index >= 15 is 0 Å². The van der Waals surface area contributed by atoms with Crippen molar-refractivity contribution < 1.29 is 0 Å². The maximum absolute atomic E-state index is 6.16. The zero-order valence-electron chi connectivity index (χ0n) is 8.87. The average molecular weight is 235 g/mol. The molecule has 0 saturated heterocycles. The van der Waals surface area contributed by atoms with E-state index in [2.05, 4.69) is 14.5 Å². The molecule has 4 nitrogen and oxygen atoms in total. The molecule has 0 amide bonds. The molecule has 2 N–H and O–H groups in total. The summed E-state index contributed by atoms with van der Waals surface area (Å²) in [4.78, 5) is 8.34. The molecular weight excluding hydrogens is 224 g/mol. The van der Waals surface area contributed by atoms with Crippen LogP contribution in [0.1, 0.15) is 11.1 Å². The summed E-state index contributed by atoms with van der Waals surface area (Å²) in [6.45, 7) is 2.91. The van der Waals surface area contributed by atoms with Crippen molar-refractivity contribution in [3.05, 3.63) is 28.5 Å². The average Bonchev–Trinajstić information content (AvgIpc) is 2.54. The van der Waals surface area contributed by atoms with Crippen molar-refractivity contribution in [1.29, 1.82) is 0 Å². The van der Waals surface area contributed by atoms with Gasteiger partial charge in [0.15, 0.2) is 0 Å². The number of nitrogen functional groups attached to an aromatic ring is 1. The molecule has 5 heteroatoms. The van der Waals surface area contributed by atoms with Crippen molar-refractivity contribution in [3.63, 3.8) is 0 Å². The molecule has 3 heterocycles. The van der Waals surface area contributed by atoms with Gasteiger partial charge in [-0.15, -0.1) is 0 Å². The van der Waals surface area contributed by atoms with Crippen LogP contribution in [-0.2, 0) is 13.0 Å². The van der Waals surface area contributed by atoms with Crippen LogP contribution in [0.4, 0.5) is 5.95 Å². The monoisotopic (exact) mass is 234 g/mol. The van der Waals surface area contributed by atoms with Crippen molar-refractivity contribution in [2.45, 2.75) is 19.9 Å². The normalized spacial score (nSPS) is 13.4. The third-order valence-electron chi connectivity index (χ3n) is 2.95. The van der Waals surface area contributed by atoms with Crippen LogP contribution in [0.15, 0.2) is 12.3 Å². The Hall–Kier alpha value is -1.55. The highest BCUT2D eigenvalue weighted by Gasteiger charge is 2.22. The smallest absolute Gasteiger partial charge is 0.220 e. The van der Waals surface area contributed by atoms with Crippen LogP contribution < -0.4 is 5.73 Å². The summed E-state index contributed by atoms with van der Waals surface area (Å²) in [6, 6.07) is 1.96. The number of aryl methyl sites for hydroxylation is 2. The Morgan fingerprint density at radius 2 is 2.31 bits per heavy atom. The predicted octanol–water partition coefficient (Wildman–Crippen LogP) is 2.05. The number of hydrogen-bond donors (Lipinski definition) is 1. The largest absolute Gasteiger partial charge is 0.368 e. The molecule has 2 aromatic heterocycles. The van der Waals surface area contributed by atoms with Gasteiger partial charge in [0.05, 0.1) is 11.4 Å². The molecule has 0 atom stereocenters. The van der Waals surface area contributed by atoms with Gasteiger partial charge in [0.1, 0.15) is 5.15 Å². The van der Waals surface area contributed by atoms with E-state index in [-0.39, 0.29) is 0 Å². The van der Waals surface area contributed by atoms with Crippen LogP contribution >= 0.6 is 11.6 Å². The van der Waals surface area contributed by atoms with Gasteiger partial charge in [-0.05, 0) is 25.0 Å². The molecule has 0 aliphatic carbocycles. The molecule has 0 spiro atoms. The third-order valence-corrected chi connectivity index (χ3v) is 3.26. The van der Waals surface area contributed by atoms with E-state index < -0.39 is 0 Å². The summed E-state index contributed by atoms with van der Waals surface area (Å²) in [5.74, 6) is 0.309. The fourth-order valence-electron chi connectivity index (χ4n) is 2.22. The van der Waals surface area contributed by atoms with Crippen LogP contribution in [0.2, 0.25) is 5.15 Å². The first kappa shape index (κ1) is 9.66. The topological polar surface area (TPSA) is 56.7 Å². The van der Waals surface area contributed by atoms with Gasteiger partial charge in [-0.1, -0.05) is 11.6 Å². The first-order valence-corrected chi connectivity index (χ1v) is 5.52. The van der Waals surface area contributed by atoms with Gasteiger partial charge in [0, 0.05) is 18.3 Å². The molecule has 2 aromatic rings. The number of aromatic nitrogens is 3. The zero-order chi connectivity index (χ0) is 11.3. The molecule has 16 heavy (non-hydrogen) atoms. The molecule has 0 saturated carbocycles. The number of rotatable bonds is 0. The van der Waals surface area contributed by atoms with E-state index in [4.69, 9.17) is 17.3 Å². The number of nitrogens with zero attached hydrogens (tertiary/aromatic N) is 3. The van der Waals surface area contributed by atoms with E-state index in [1.54, 1.807) is 0 Å². The van der Waals surface area contributed by atoms with Crippen molar-refractivity contribution in [3.8, 4) is 11.4 Å².